The molecule has 0 saturated heterocycles. The molecule has 4 amide bonds. The van der Waals surface area contributed by atoms with Crippen LogP contribution in [-0.4, -0.2) is 91.0 Å². The van der Waals surface area contributed by atoms with Crippen molar-refractivity contribution in [1.29, 1.82) is 0 Å². The lowest BCUT2D eigenvalue weighted by Crippen LogP contribution is -2.37. The van der Waals surface area contributed by atoms with E-state index >= 15 is 0 Å². The molecule has 4 heterocycles. The molecule has 0 aromatic carbocycles. The maximum atomic E-state index is 12.7. The number of aromatic nitrogens is 4. The molecule has 0 atom stereocenters. The smallest absolute Gasteiger partial charge is 0.287 e. The van der Waals surface area contributed by atoms with Crippen molar-refractivity contribution in [3.63, 3.8) is 0 Å². The summed E-state index contributed by atoms with van der Waals surface area (Å²) < 4.78 is 5.83. The van der Waals surface area contributed by atoms with Gasteiger partial charge in [-0.3, -0.25) is 39.4 Å². The van der Waals surface area contributed by atoms with E-state index in [4.69, 9.17) is 0 Å². The molecular formula is C30H38N12O8. The zero-order valence-electron chi connectivity index (χ0n) is 27.8. The number of nitrogens with one attached hydrogen (secondary N) is 6. The second-order valence-electron chi connectivity index (χ2n) is 11.3. The van der Waals surface area contributed by atoms with Crippen molar-refractivity contribution in [3.8, 4) is 0 Å². The molecule has 6 N–H and O–H groups in total. The normalized spacial score (nSPS) is 10.9. The van der Waals surface area contributed by atoms with Gasteiger partial charge in [0.05, 0.1) is 33.6 Å². The number of anilines is 2. The van der Waals surface area contributed by atoms with Crippen LogP contribution in [0.5, 0.6) is 0 Å². The molecule has 4 rings (SSSR count). The van der Waals surface area contributed by atoms with E-state index in [9.17, 15) is 39.4 Å². The third-order valence-electron chi connectivity index (χ3n) is 7.51. The number of rotatable bonds is 17. The Hall–Kier alpha value is -6.28. The molecule has 20 nitrogen and oxygen atoms in total. The highest BCUT2D eigenvalue weighted by molar-refractivity contribution is 6.05. The zero-order valence-corrected chi connectivity index (χ0v) is 27.8. The Labute approximate surface area is 285 Å². The zero-order chi connectivity index (χ0) is 36.5. The van der Waals surface area contributed by atoms with Gasteiger partial charge in [0, 0.05) is 92.0 Å². The summed E-state index contributed by atoms with van der Waals surface area (Å²) in [7, 11) is 6.37. The molecule has 4 aromatic rings. The Morgan fingerprint density at radius 2 is 0.840 bits per heavy atom. The molecule has 4 aromatic heterocycles. The van der Waals surface area contributed by atoms with Crippen LogP contribution in [0.1, 0.15) is 42.0 Å². The van der Waals surface area contributed by atoms with Gasteiger partial charge in [-0.25, -0.2) is 0 Å². The molecule has 0 fully saturated rings. The van der Waals surface area contributed by atoms with Crippen LogP contribution in [0.3, 0.4) is 0 Å². The topological polar surface area (TPSA) is 246 Å². The predicted octanol–water partition coefficient (Wildman–Crippen LogP) is 0.701. The number of nitrogens with zero attached hydrogens (tertiary/aromatic N) is 6. The maximum absolute atomic E-state index is 12.7. The summed E-state index contributed by atoms with van der Waals surface area (Å²) in [5, 5.41) is 39.2. The van der Waals surface area contributed by atoms with E-state index in [0.717, 1.165) is 0 Å². The van der Waals surface area contributed by atoms with Gasteiger partial charge in [-0.05, 0) is 12.1 Å². The van der Waals surface area contributed by atoms with Crippen LogP contribution >= 0.6 is 0 Å². The van der Waals surface area contributed by atoms with E-state index in [-0.39, 0.29) is 34.6 Å². The predicted molar refractivity (Wildman–Crippen MR) is 181 cm³/mol. The summed E-state index contributed by atoms with van der Waals surface area (Å²) in [6.45, 7) is 2.90. The lowest BCUT2D eigenvalue weighted by molar-refractivity contribution is -0.385. The maximum Gasteiger partial charge on any atom is 0.287 e. The summed E-state index contributed by atoms with van der Waals surface area (Å²) in [6, 6.07) is 5.37. The Balaban J connectivity index is 1.09. The van der Waals surface area contributed by atoms with E-state index in [1.54, 1.807) is 35.6 Å². The van der Waals surface area contributed by atoms with Crippen molar-refractivity contribution in [2.75, 3.05) is 49.9 Å². The van der Waals surface area contributed by atoms with Crippen molar-refractivity contribution in [3.05, 3.63) is 92.1 Å². The lowest BCUT2D eigenvalue weighted by Gasteiger charge is -2.09. The summed E-state index contributed by atoms with van der Waals surface area (Å²) in [5.74, 6) is -1.77. The lowest BCUT2D eigenvalue weighted by atomic mass is 10.3. The van der Waals surface area contributed by atoms with Gasteiger partial charge < -0.3 is 50.2 Å². The first kappa shape index (κ1) is 36.6. The number of carbonyl (C=O) groups is 4. The van der Waals surface area contributed by atoms with Gasteiger partial charge in [-0.2, -0.15) is 0 Å². The summed E-state index contributed by atoms with van der Waals surface area (Å²) in [6.07, 6.45) is 5.62. The summed E-state index contributed by atoms with van der Waals surface area (Å²) in [5.41, 5.74) is 1.17. The van der Waals surface area contributed by atoms with Crippen LogP contribution in [0, 0.1) is 20.2 Å². The van der Waals surface area contributed by atoms with Crippen molar-refractivity contribution >= 4 is 46.4 Å². The van der Waals surface area contributed by atoms with Gasteiger partial charge in [0.1, 0.15) is 22.8 Å². The SMILES string of the molecule is Cn1cc(NC(=O)c2cc([N+](=O)[O-])cn2C)cc1C(=O)NCCNCCNCCNC(=O)c1cc(NC(=O)c2cc([N+](=O)[O-])cn2C)cn1C. The number of hydrogen-bond donors (Lipinski definition) is 6. The van der Waals surface area contributed by atoms with Crippen LogP contribution in [0.2, 0.25) is 0 Å². The van der Waals surface area contributed by atoms with Gasteiger partial charge in [0.15, 0.2) is 0 Å². The third kappa shape index (κ3) is 9.20. The molecule has 0 saturated carbocycles. The average molecular weight is 695 g/mol. The molecule has 0 bridgehead atoms. The number of nitro groups is 2. The van der Waals surface area contributed by atoms with Crippen molar-refractivity contribution in [2.45, 2.75) is 0 Å². The molecule has 266 valence electrons. The Kier molecular flexibility index (Phi) is 11.9. The van der Waals surface area contributed by atoms with Gasteiger partial charge in [-0.15, -0.1) is 0 Å². The van der Waals surface area contributed by atoms with Crippen molar-refractivity contribution < 1.29 is 29.0 Å². The first-order valence-electron chi connectivity index (χ1n) is 15.3. The number of carbonyl (C=O) groups excluding carboxylic acids is 4. The van der Waals surface area contributed by atoms with E-state index in [0.29, 0.717) is 62.0 Å². The van der Waals surface area contributed by atoms with Crippen LogP contribution in [0.15, 0.2) is 49.1 Å². The van der Waals surface area contributed by atoms with Crippen LogP contribution < -0.4 is 31.9 Å². The molecule has 0 unspecified atom stereocenters. The molecule has 0 aliphatic heterocycles. The highest BCUT2D eigenvalue weighted by atomic mass is 16.6. The molecular weight excluding hydrogens is 656 g/mol. The van der Waals surface area contributed by atoms with Crippen LogP contribution in [-0.2, 0) is 28.2 Å². The first-order chi connectivity index (χ1) is 23.7. The summed E-state index contributed by atoms with van der Waals surface area (Å²) >= 11 is 0. The fourth-order valence-electron chi connectivity index (χ4n) is 4.99. The molecule has 0 spiro atoms. The highest BCUT2D eigenvalue weighted by Gasteiger charge is 2.21. The first-order valence-corrected chi connectivity index (χ1v) is 15.3. The molecule has 0 radical (unpaired) electrons. The van der Waals surface area contributed by atoms with Crippen LogP contribution in [0.25, 0.3) is 0 Å². The van der Waals surface area contributed by atoms with Gasteiger partial charge in [0.25, 0.3) is 35.0 Å². The van der Waals surface area contributed by atoms with Gasteiger partial charge in [-0.1, -0.05) is 0 Å². The quantitative estimate of drug-likeness (QED) is 0.0513. The van der Waals surface area contributed by atoms with E-state index in [1.807, 2.05) is 0 Å². The number of hydrogen-bond acceptors (Lipinski definition) is 10. The minimum atomic E-state index is -0.584. The van der Waals surface area contributed by atoms with E-state index in [1.165, 1.54) is 59.9 Å². The minimum absolute atomic E-state index is 0.102. The highest BCUT2D eigenvalue weighted by Crippen LogP contribution is 2.20. The van der Waals surface area contributed by atoms with E-state index < -0.39 is 21.7 Å². The fourth-order valence-corrected chi connectivity index (χ4v) is 4.99. The average Bonchev–Trinajstić information content (AvgIpc) is 3.83. The molecule has 0 aliphatic rings. The molecule has 50 heavy (non-hydrogen) atoms. The monoisotopic (exact) mass is 694 g/mol. The summed E-state index contributed by atoms with van der Waals surface area (Å²) in [4.78, 5) is 71.3. The Morgan fingerprint density at radius 1 is 0.520 bits per heavy atom. The second kappa shape index (κ2) is 16.2. The molecule has 20 heteroatoms. The Bertz CT molecular complexity index is 1780. The molecule has 0 aliphatic carbocycles. The largest absolute Gasteiger partial charge is 0.349 e. The number of aryl methyl sites for hydroxylation is 4. The second-order valence-corrected chi connectivity index (χ2v) is 11.3. The van der Waals surface area contributed by atoms with Gasteiger partial charge in [0.2, 0.25) is 0 Å². The van der Waals surface area contributed by atoms with Gasteiger partial charge >= 0.3 is 0 Å². The van der Waals surface area contributed by atoms with E-state index in [2.05, 4.69) is 31.9 Å². The fraction of sp³-hybridized carbons (Fsp3) is 0.333. The van der Waals surface area contributed by atoms with Crippen LogP contribution in [0.4, 0.5) is 22.7 Å². The third-order valence-corrected chi connectivity index (χ3v) is 7.51. The number of amides is 4. The van der Waals surface area contributed by atoms with Crippen molar-refractivity contribution in [1.82, 2.24) is 39.5 Å². The Morgan fingerprint density at radius 3 is 1.18 bits per heavy atom. The van der Waals surface area contributed by atoms with Crippen molar-refractivity contribution in [2.24, 2.45) is 28.2 Å². The standard InChI is InChI=1S/C30H38N12O8/c1-37-15-19(35-29(45)25-13-21(41(47)48)17-39(25)3)11-23(37)27(43)33-9-7-31-5-6-32-8-10-34-28(44)24-12-20(16-38(24)2)36-30(46)26-14-22(42(49)50)18-40(26)4/h11-18,31-32H,5-10H2,1-4H3,(H,33,43)(H,34,44)(H,35,45)(H,36,46). The minimum Gasteiger partial charge on any atom is -0.349 e.